The normalized spacial score (nSPS) is 14.7. The molecule has 17 heavy (non-hydrogen) atoms. The molecule has 0 heterocycles. The van der Waals surface area contributed by atoms with Crippen LogP contribution in [0.2, 0.25) is 0 Å². The molecular formula is C12H23NO4. The van der Waals surface area contributed by atoms with Gasteiger partial charge in [0.25, 0.3) is 0 Å². The Labute approximate surface area is 103 Å². The number of alkyl carbamates (subject to hydrolysis) is 1. The van der Waals surface area contributed by atoms with Crippen molar-refractivity contribution in [2.75, 3.05) is 7.11 Å². The van der Waals surface area contributed by atoms with E-state index in [4.69, 9.17) is 4.74 Å². The van der Waals surface area contributed by atoms with E-state index in [0.29, 0.717) is 0 Å². The molecular weight excluding hydrogens is 222 g/mol. The number of ether oxygens (including phenoxy) is 2. The second kappa shape index (κ2) is 6.47. The fourth-order valence-corrected chi connectivity index (χ4v) is 1.23. The van der Waals surface area contributed by atoms with E-state index in [1.54, 1.807) is 20.8 Å². The van der Waals surface area contributed by atoms with E-state index < -0.39 is 23.7 Å². The van der Waals surface area contributed by atoms with Crippen LogP contribution in [-0.4, -0.2) is 30.8 Å². The summed E-state index contributed by atoms with van der Waals surface area (Å²) in [6.45, 7) is 9.12. The first-order valence-corrected chi connectivity index (χ1v) is 5.78. The average molecular weight is 245 g/mol. The summed E-state index contributed by atoms with van der Waals surface area (Å²) < 4.78 is 9.76. The van der Waals surface area contributed by atoms with Gasteiger partial charge >= 0.3 is 12.1 Å². The van der Waals surface area contributed by atoms with Crippen LogP contribution in [0.4, 0.5) is 4.79 Å². The van der Waals surface area contributed by atoms with E-state index in [1.165, 1.54) is 7.11 Å². The van der Waals surface area contributed by atoms with Gasteiger partial charge in [-0.2, -0.15) is 0 Å². The van der Waals surface area contributed by atoms with E-state index in [9.17, 15) is 9.59 Å². The van der Waals surface area contributed by atoms with Crippen molar-refractivity contribution < 1.29 is 19.1 Å². The molecule has 0 rings (SSSR count). The Morgan fingerprint density at radius 3 is 2.18 bits per heavy atom. The molecule has 0 radical (unpaired) electrons. The van der Waals surface area contributed by atoms with Crippen molar-refractivity contribution in [1.82, 2.24) is 5.32 Å². The van der Waals surface area contributed by atoms with Gasteiger partial charge in [0.1, 0.15) is 11.6 Å². The van der Waals surface area contributed by atoms with Crippen LogP contribution in [0.5, 0.6) is 0 Å². The maximum atomic E-state index is 11.6. The molecule has 0 bridgehead atoms. The lowest BCUT2D eigenvalue weighted by atomic mass is 9.99. The van der Waals surface area contributed by atoms with Gasteiger partial charge in [0, 0.05) is 0 Å². The Bertz CT molecular complexity index is 270. The number of methoxy groups -OCH3 is 1. The van der Waals surface area contributed by atoms with E-state index >= 15 is 0 Å². The number of rotatable bonds is 4. The van der Waals surface area contributed by atoms with Gasteiger partial charge in [-0.05, 0) is 26.7 Å². The molecule has 1 N–H and O–H groups in total. The molecule has 0 saturated heterocycles. The van der Waals surface area contributed by atoms with Crippen LogP contribution < -0.4 is 5.32 Å². The molecule has 5 heteroatoms. The number of hydrogen-bond acceptors (Lipinski definition) is 4. The van der Waals surface area contributed by atoms with Crippen LogP contribution in [0.1, 0.15) is 41.0 Å². The quantitative estimate of drug-likeness (QED) is 0.770. The highest BCUT2D eigenvalue weighted by molar-refractivity contribution is 5.81. The van der Waals surface area contributed by atoms with Crippen molar-refractivity contribution in [3.05, 3.63) is 0 Å². The van der Waals surface area contributed by atoms with Crippen molar-refractivity contribution in [2.45, 2.75) is 52.7 Å². The highest BCUT2D eigenvalue weighted by Gasteiger charge is 2.28. The van der Waals surface area contributed by atoms with E-state index in [2.05, 4.69) is 10.1 Å². The Balaban J connectivity index is 4.54. The first kappa shape index (κ1) is 15.7. The Morgan fingerprint density at radius 1 is 1.29 bits per heavy atom. The fourth-order valence-electron chi connectivity index (χ4n) is 1.23. The van der Waals surface area contributed by atoms with Gasteiger partial charge in [0.05, 0.1) is 7.11 Å². The second-order valence-corrected chi connectivity index (χ2v) is 5.03. The molecule has 0 aromatic carbocycles. The monoisotopic (exact) mass is 245 g/mol. The summed E-state index contributed by atoms with van der Waals surface area (Å²) in [4.78, 5) is 23.1. The average Bonchev–Trinajstić information content (AvgIpc) is 2.21. The van der Waals surface area contributed by atoms with Crippen molar-refractivity contribution in [3.8, 4) is 0 Å². The first-order chi connectivity index (χ1) is 7.71. The number of amides is 1. The molecule has 5 nitrogen and oxygen atoms in total. The molecule has 1 amide bonds. The lowest BCUT2D eigenvalue weighted by Gasteiger charge is -2.25. The molecule has 0 aliphatic rings. The van der Waals surface area contributed by atoms with Crippen LogP contribution in [0.3, 0.4) is 0 Å². The molecule has 0 aliphatic heterocycles. The Kier molecular flexibility index (Phi) is 5.99. The largest absolute Gasteiger partial charge is 0.467 e. The highest BCUT2D eigenvalue weighted by atomic mass is 16.6. The van der Waals surface area contributed by atoms with Gasteiger partial charge in [0.15, 0.2) is 0 Å². The number of carbonyl (C=O) groups is 2. The minimum absolute atomic E-state index is 0.00466. The number of carbonyl (C=O) groups excluding carboxylic acids is 2. The fraction of sp³-hybridized carbons (Fsp3) is 0.833. The lowest BCUT2D eigenvalue weighted by Crippen LogP contribution is -2.47. The third-order valence-corrected chi connectivity index (χ3v) is 2.34. The zero-order chi connectivity index (χ0) is 13.6. The molecule has 0 saturated carbocycles. The summed E-state index contributed by atoms with van der Waals surface area (Å²) in [6, 6.07) is -0.667. The number of nitrogens with one attached hydrogen (secondary N) is 1. The number of esters is 1. The van der Waals surface area contributed by atoms with Crippen molar-refractivity contribution in [3.63, 3.8) is 0 Å². The van der Waals surface area contributed by atoms with Gasteiger partial charge < -0.3 is 14.8 Å². The van der Waals surface area contributed by atoms with Gasteiger partial charge in [-0.1, -0.05) is 20.3 Å². The molecule has 0 aromatic rings. The van der Waals surface area contributed by atoms with E-state index in [-0.39, 0.29) is 5.92 Å². The Hall–Kier alpha value is -1.26. The predicted molar refractivity (Wildman–Crippen MR) is 64.6 cm³/mol. The predicted octanol–water partition coefficient (Wildman–Crippen LogP) is 2.10. The van der Waals surface area contributed by atoms with Crippen LogP contribution in [-0.2, 0) is 14.3 Å². The van der Waals surface area contributed by atoms with Gasteiger partial charge in [-0.3, -0.25) is 0 Å². The van der Waals surface area contributed by atoms with Crippen LogP contribution in [0.25, 0.3) is 0 Å². The third-order valence-electron chi connectivity index (χ3n) is 2.34. The maximum absolute atomic E-state index is 11.6. The van der Waals surface area contributed by atoms with Crippen molar-refractivity contribution in [2.24, 2.45) is 5.92 Å². The van der Waals surface area contributed by atoms with Gasteiger partial charge in [-0.25, -0.2) is 9.59 Å². The minimum atomic E-state index is -0.667. The SMILES string of the molecule is CC[C@H](C)[C@H](NC(=O)OC(C)(C)C)C(=O)OC. The molecule has 100 valence electrons. The third kappa shape index (κ3) is 6.14. The topological polar surface area (TPSA) is 64.6 Å². The smallest absolute Gasteiger partial charge is 0.408 e. The van der Waals surface area contributed by atoms with Gasteiger partial charge in [0.2, 0.25) is 0 Å². The summed E-state index contributed by atoms with van der Waals surface area (Å²) in [5.74, 6) is -0.458. The zero-order valence-electron chi connectivity index (χ0n) is 11.5. The highest BCUT2D eigenvalue weighted by Crippen LogP contribution is 2.11. The van der Waals surface area contributed by atoms with Crippen molar-refractivity contribution >= 4 is 12.1 Å². The van der Waals surface area contributed by atoms with E-state index in [0.717, 1.165) is 6.42 Å². The minimum Gasteiger partial charge on any atom is -0.467 e. The maximum Gasteiger partial charge on any atom is 0.408 e. The standard InChI is InChI=1S/C12H23NO4/c1-7-8(2)9(10(14)16-6)13-11(15)17-12(3,4)5/h8-9H,7H2,1-6H3,(H,13,15)/t8-,9-/m0/s1. The summed E-state index contributed by atoms with van der Waals surface area (Å²) in [6.07, 6.45) is 0.156. The molecule has 0 fully saturated rings. The lowest BCUT2D eigenvalue weighted by molar-refractivity contribution is -0.144. The summed E-state index contributed by atoms with van der Waals surface area (Å²) >= 11 is 0. The molecule has 2 atom stereocenters. The second-order valence-electron chi connectivity index (χ2n) is 5.03. The van der Waals surface area contributed by atoms with Crippen molar-refractivity contribution in [1.29, 1.82) is 0 Å². The van der Waals surface area contributed by atoms with Crippen LogP contribution in [0.15, 0.2) is 0 Å². The molecule has 0 aromatic heterocycles. The summed E-state index contributed by atoms with van der Waals surface area (Å²) in [7, 11) is 1.30. The van der Waals surface area contributed by atoms with Crippen LogP contribution >= 0.6 is 0 Å². The zero-order valence-corrected chi connectivity index (χ0v) is 11.5. The Morgan fingerprint density at radius 2 is 1.82 bits per heavy atom. The van der Waals surface area contributed by atoms with Gasteiger partial charge in [-0.15, -0.1) is 0 Å². The molecule has 0 unspecified atom stereocenters. The number of hydrogen-bond donors (Lipinski definition) is 1. The van der Waals surface area contributed by atoms with E-state index in [1.807, 2.05) is 13.8 Å². The molecule has 0 spiro atoms. The summed E-state index contributed by atoms with van der Waals surface area (Å²) in [5, 5.41) is 2.54. The summed E-state index contributed by atoms with van der Waals surface area (Å²) in [5.41, 5.74) is -0.583. The first-order valence-electron chi connectivity index (χ1n) is 5.78. The van der Waals surface area contributed by atoms with Crippen LogP contribution in [0, 0.1) is 5.92 Å². The molecule has 0 aliphatic carbocycles.